The number of hydrogen-bond donors (Lipinski definition) is 2. The van der Waals surface area contributed by atoms with E-state index < -0.39 is 10.0 Å². The van der Waals surface area contributed by atoms with Crippen molar-refractivity contribution in [2.75, 3.05) is 43.0 Å². The first-order valence-electron chi connectivity index (χ1n) is 10.6. The molecular weight excluding hydrogens is 450 g/mol. The smallest absolute Gasteiger partial charge is 0.270 e. The third-order valence-electron chi connectivity index (χ3n) is 5.81. The summed E-state index contributed by atoms with van der Waals surface area (Å²) in [6.07, 6.45) is 4.17. The Kier molecular flexibility index (Phi) is 6.87. The number of nitrogens with one attached hydrogen (secondary N) is 2. The molecule has 0 saturated carbocycles. The molecule has 0 spiro atoms. The average molecular weight is 478 g/mol. The van der Waals surface area contributed by atoms with Gasteiger partial charge >= 0.3 is 0 Å². The minimum atomic E-state index is -3.60. The first-order chi connectivity index (χ1) is 15.3. The van der Waals surface area contributed by atoms with Crippen LogP contribution >= 0.6 is 11.8 Å². The fraction of sp³-hybridized carbons (Fsp3) is 0.476. The van der Waals surface area contributed by atoms with Gasteiger partial charge in [-0.2, -0.15) is 16.1 Å². The first-order valence-corrected chi connectivity index (χ1v) is 13.2. The van der Waals surface area contributed by atoms with Crippen LogP contribution < -0.4 is 5.32 Å². The van der Waals surface area contributed by atoms with E-state index in [2.05, 4.69) is 15.3 Å². The van der Waals surface area contributed by atoms with Gasteiger partial charge in [0.2, 0.25) is 15.9 Å². The van der Waals surface area contributed by atoms with Crippen LogP contribution in [0.4, 0.5) is 5.82 Å². The molecule has 32 heavy (non-hydrogen) atoms. The van der Waals surface area contributed by atoms with Crippen LogP contribution in [0.1, 0.15) is 28.9 Å². The lowest BCUT2D eigenvalue weighted by Gasteiger charge is -2.31. The van der Waals surface area contributed by atoms with Gasteiger partial charge in [0.1, 0.15) is 16.4 Å². The van der Waals surface area contributed by atoms with Crippen molar-refractivity contribution in [3.05, 3.63) is 41.9 Å². The summed E-state index contributed by atoms with van der Waals surface area (Å²) >= 11 is 1.74. The van der Waals surface area contributed by atoms with Crippen molar-refractivity contribution in [1.29, 1.82) is 0 Å². The SMILES string of the molecule is Cc1ccc(NC(=O)C2CCN(C(=O)c3cc(S(=O)(=O)N4CCSCC4)c[nH]3)CC2)nc1. The van der Waals surface area contributed by atoms with Crippen molar-refractivity contribution < 1.29 is 18.0 Å². The second-order valence-electron chi connectivity index (χ2n) is 8.04. The minimum Gasteiger partial charge on any atom is -0.356 e. The highest BCUT2D eigenvalue weighted by Crippen LogP contribution is 2.24. The lowest BCUT2D eigenvalue weighted by molar-refractivity contribution is -0.121. The molecule has 2 aliphatic heterocycles. The van der Waals surface area contributed by atoms with E-state index in [1.807, 2.05) is 13.0 Å². The fourth-order valence-electron chi connectivity index (χ4n) is 3.87. The molecule has 2 aromatic rings. The number of anilines is 1. The van der Waals surface area contributed by atoms with Gasteiger partial charge in [-0.3, -0.25) is 9.59 Å². The Bertz CT molecular complexity index is 1070. The molecule has 2 fully saturated rings. The number of aromatic nitrogens is 2. The summed E-state index contributed by atoms with van der Waals surface area (Å²) in [6.45, 7) is 3.76. The Morgan fingerprint density at radius 1 is 1.16 bits per heavy atom. The van der Waals surface area contributed by atoms with Crippen molar-refractivity contribution >= 4 is 39.4 Å². The van der Waals surface area contributed by atoms with E-state index in [-0.39, 0.29) is 28.3 Å². The van der Waals surface area contributed by atoms with Gasteiger partial charge in [0.05, 0.1) is 0 Å². The molecule has 4 heterocycles. The van der Waals surface area contributed by atoms with Crippen LogP contribution in [-0.4, -0.2) is 77.1 Å². The van der Waals surface area contributed by atoms with Gasteiger partial charge in [0.15, 0.2) is 0 Å². The number of aryl methyl sites for hydroxylation is 1. The van der Waals surface area contributed by atoms with Crippen LogP contribution in [0.3, 0.4) is 0 Å². The Balaban J connectivity index is 1.33. The van der Waals surface area contributed by atoms with Crippen molar-refractivity contribution in [3.63, 3.8) is 0 Å². The highest BCUT2D eigenvalue weighted by molar-refractivity contribution is 7.99. The molecule has 0 bridgehead atoms. The highest BCUT2D eigenvalue weighted by atomic mass is 32.2. The van der Waals surface area contributed by atoms with E-state index in [4.69, 9.17) is 0 Å². The number of carbonyl (C=O) groups excluding carboxylic acids is 2. The summed E-state index contributed by atoms with van der Waals surface area (Å²) in [6, 6.07) is 5.08. The van der Waals surface area contributed by atoms with E-state index in [0.29, 0.717) is 44.8 Å². The lowest BCUT2D eigenvalue weighted by atomic mass is 9.95. The molecule has 2 amide bonds. The van der Waals surface area contributed by atoms with Gasteiger partial charge in [0, 0.05) is 56.0 Å². The van der Waals surface area contributed by atoms with Crippen LogP contribution in [0.5, 0.6) is 0 Å². The normalized spacial score (nSPS) is 18.5. The molecule has 2 saturated heterocycles. The van der Waals surface area contributed by atoms with E-state index in [0.717, 1.165) is 17.1 Å². The molecule has 11 heteroatoms. The fourth-order valence-corrected chi connectivity index (χ4v) is 6.44. The summed E-state index contributed by atoms with van der Waals surface area (Å²) in [5, 5.41) is 2.83. The number of thioether (sulfide) groups is 1. The number of rotatable bonds is 5. The molecule has 0 aromatic carbocycles. The molecule has 172 valence electrons. The van der Waals surface area contributed by atoms with Gasteiger partial charge in [-0.25, -0.2) is 13.4 Å². The number of likely N-dealkylation sites (tertiary alicyclic amines) is 1. The second kappa shape index (κ2) is 9.63. The quantitative estimate of drug-likeness (QED) is 0.680. The van der Waals surface area contributed by atoms with E-state index in [1.54, 1.807) is 28.9 Å². The van der Waals surface area contributed by atoms with Gasteiger partial charge in [-0.15, -0.1) is 0 Å². The summed E-state index contributed by atoms with van der Waals surface area (Å²) in [4.78, 5) is 34.2. The van der Waals surface area contributed by atoms with Crippen molar-refractivity contribution in [2.45, 2.75) is 24.7 Å². The molecule has 0 atom stereocenters. The van der Waals surface area contributed by atoms with Gasteiger partial charge in [-0.05, 0) is 37.5 Å². The number of carbonyl (C=O) groups is 2. The topological polar surface area (TPSA) is 115 Å². The maximum atomic E-state index is 12.9. The van der Waals surface area contributed by atoms with E-state index in [1.165, 1.54) is 16.6 Å². The predicted molar refractivity (Wildman–Crippen MR) is 123 cm³/mol. The second-order valence-corrected chi connectivity index (χ2v) is 11.2. The number of hydrogen-bond acceptors (Lipinski definition) is 6. The maximum absolute atomic E-state index is 12.9. The molecular formula is C21H27N5O4S2. The molecule has 2 aliphatic rings. The van der Waals surface area contributed by atoms with Crippen LogP contribution in [0.2, 0.25) is 0 Å². The summed E-state index contributed by atoms with van der Waals surface area (Å²) < 4.78 is 27.1. The number of amides is 2. The van der Waals surface area contributed by atoms with Gasteiger partial charge in [0.25, 0.3) is 5.91 Å². The lowest BCUT2D eigenvalue weighted by Crippen LogP contribution is -2.41. The van der Waals surface area contributed by atoms with Crippen molar-refractivity contribution in [2.24, 2.45) is 5.92 Å². The number of nitrogens with zero attached hydrogens (tertiary/aromatic N) is 3. The zero-order valence-corrected chi connectivity index (χ0v) is 19.5. The van der Waals surface area contributed by atoms with Crippen LogP contribution in [0, 0.1) is 12.8 Å². The third-order valence-corrected chi connectivity index (χ3v) is 8.63. The first kappa shape index (κ1) is 22.8. The Labute approximate surface area is 192 Å². The molecule has 9 nitrogen and oxygen atoms in total. The minimum absolute atomic E-state index is 0.0959. The number of pyridine rings is 1. The molecule has 0 unspecified atom stereocenters. The van der Waals surface area contributed by atoms with Crippen LogP contribution in [0.25, 0.3) is 0 Å². The zero-order valence-electron chi connectivity index (χ0n) is 17.9. The van der Waals surface area contributed by atoms with Gasteiger partial charge < -0.3 is 15.2 Å². The third kappa shape index (κ3) is 5.00. The largest absolute Gasteiger partial charge is 0.356 e. The van der Waals surface area contributed by atoms with Crippen molar-refractivity contribution in [3.8, 4) is 0 Å². The molecule has 2 N–H and O–H groups in total. The standard InChI is InChI=1S/C21H27N5O4S2/c1-15-2-3-19(23-13-15)24-20(27)16-4-6-25(7-5-16)21(28)18-12-17(14-22-18)32(29,30)26-8-10-31-11-9-26/h2-3,12-14,16,22H,4-11H2,1H3,(H,23,24,27). The number of H-pyrrole nitrogens is 1. The van der Waals surface area contributed by atoms with Crippen LogP contribution in [0.15, 0.2) is 35.5 Å². The monoisotopic (exact) mass is 477 g/mol. The van der Waals surface area contributed by atoms with E-state index >= 15 is 0 Å². The molecule has 4 rings (SSSR count). The zero-order chi connectivity index (χ0) is 22.7. The highest BCUT2D eigenvalue weighted by Gasteiger charge is 2.31. The number of aromatic amines is 1. The molecule has 2 aromatic heterocycles. The Morgan fingerprint density at radius 3 is 2.53 bits per heavy atom. The van der Waals surface area contributed by atoms with Gasteiger partial charge in [-0.1, -0.05) is 6.07 Å². The summed E-state index contributed by atoms with van der Waals surface area (Å²) in [5.74, 6) is 1.53. The Morgan fingerprint density at radius 2 is 1.88 bits per heavy atom. The Hall–Kier alpha value is -2.37. The number of piperidine rings is 1. The van der Waals surface area contributed by atoms with E-state index in [9.17, 15) is 18.0 Å². The molecule has 0 aliphatic carbocycles. The molecule has 0 radical (unpaired) electrons. The maximum Gasteiger partial charge on any atom is 0.270 e. The van der Waals surface area contributed by atoms with Crippen LogP contribution in [-0.2, 0) is 14.8 Å². The summed E-state index contributed by atoms with van der Waals surface area (Å²) in [5.41, 5.74) is 1.27. The van der Waals surface area contributed by atoms with Crippen molar-refractivity contribution in [1.82, 2.24) is 19.2 Å². The predicted octanol–water partition coefficient (Wildman–Crippen LogP) is 1.95. The average Bonchev–Trinajstić information content (AvgIpc) is 3.32. The number of sulfonamides is 1. The summed E-state index contributed by atoms with van der Waals surface area (Å²) in [7, 11) is -3.60.